The third-order valence-corrected chi connectivity index (χ3v) is 4.18. The standard InChI is InChI=1S/C16H15ClN2O3/c1-9-10(2)18-19(16(21)13(9)8-20)7-12-11-5-3-4-6-14(11)22-15(12)17/h3-6,20H,7-8H2,1-2H3. The van der Waals surface area contributed by atoms with Crippen molar-refractivity contribution < 1.29 is 9.52 Å². The van der Waals surface area contributed by atoms with E-state index in [-0.39, 0.29) is 23.9 Å². The van der Waals surface area contributed by atoms with Crippen molar-refractivity contribution >= 4 is 22.6 Å². The second-order valence-electron chi connectivity index (χ2n) is 5.16. The lowest BCUT2D eigenvalue weighted by atomic mass is 10.1. The van der Waals surface area contributed by atoms with Gasteiger partial charge in [-0.1, -0.05) is 18.2 Å². The van der Waals surface area contributed by atoms with Crippen molar-refractivity contribution in [1.82, 2.24) is 9.78 Å². The summed E-state index contributed by atoms with van der Waals surface area (Å²) in [6.45, 7) is 3.47. The lowest BCUT2D eigenvalue weighted by Gasteiger charge is -2.10. The van der Waals surface area contributed by atoms with Crippen LogP contribution in [0.4, 0.5) is 0 Å². The van der Waals surface area contributed by atoms with Gasteiger partial charge in [-0.05, 0) is 37.1 Å². The highest BCUT2D eigenvalue weighted by atomic mass is 35.5. The largest absolute Gasteiger partial charge is 0.444 e. The highest BCUT2D eigenvalue weighted by molar-refractivity contribution is 6.30. The third-order valence-electron chi connectivity index (χ3n) is 3.87. The van der Waals surface area contributed by atoms with Gasteiger partial charge in [0, 0.05) is 16.5 Å². The van der Waals surface area contributed by atoms with Crippen LogP contribution >= 0.6 is 11.6 Å². The molecule has 6 heteroatoms. The van der Waals surface area contributed by atoms with Crippen molar-refractivity contribution in [2.75, 3.05) is 0 Å². The van der Waals surface area contributed by atoms with Crippen molar-refractivity contribution in [3.63, 3.8) is 0 Å². The normalized spacial score (nSPS) is 11.3. The fourth-order valence-electron chi connectivity index (χ4n) is 2.50. The molecule has 0 fully saturated rings. The molecule has 1 N–H and O–H groups in total. The Bertz CT molecular complexity index is 912. The zero-order chi connectivity index (χ0) is 15.9. The molecule has 5 nitrogen and oxygen atoms in total. The summed E-state index contributed by atoms with van der Waals surface area (Å²) in [5, 5.41) is 14.8. The number of benzene rings is 1. The van der Waals surface area contributed by atoms with Crippen LogP contribution in [0.1, 0.15) is 22.4 Å². The second kappa shape index (κ2) is 5.59. The lowest BCUT2D eigenvalue weighted by molar-refractivity contribution is 0.277. The zero-order valence-electron chi connectivity index (χ0n) is 12.3. The van der Waals surface area contributed by atoms with Crippen molar-refractivity contribution in [2.45, 2.75) is 27.0 Å². The molecule has 0 aliphatic carbocycles. The number of para-hydroxylation sites is 1. The molecule has 0 amide bonds. The maximum Gasteiger partial charge on any atom is 0.272 e. The molecule has 0 atom stereocenters. The number of nitrogens with zero attached hydrogens (tertiary/aromatic N) is 2. The predicted octanol–water partition coefficient (Wildman–Crippen LogP) is 2.80. The van der Waals surface area contributed by atoms with E-state index in [2.05, 4.69) is 5.10 Å². The van der Waals surface area contributed by atoms with Gasteiger partial charge in [0.1, 0.15) is 5.58 Å². The van der Waals surface area contributed by atoms with Crippen LogP contribution in [0, 0.1) is 13.8 Å². The monoisotopic (exact) mass is 318 g/mol. The first-order valence-electron chi connectivity index (χ1n) is 6.87. The van der Waals surface area contributed by atoms with Gasteiger partial charge < -0.3 is 9.52 Å². The van der Waals surface area contributed by atoms with Gasteiger partial charge in [-0.2, -0.15) is 5.10 Å². The van der Waals surface area contributed by atoms with Gasteiger partial charge in [0.25, 0.3) is 5.56 Å². The average Bonchev–Trinajstić information content (AvgIpc) is 2.81. The number of rotatable bonds is 3. The molecule has 0 aliphatic heterocycles. The summed E-state index contributed by atoms with van der Waals surface area (Å²) in [6.07, 6.45) is 0. The van der Waals surface area contributed by atoms with Crippen molar-refractivity contribution in [3.05, 3.63) is 62.2 Å². The number of aromatic nitrogens is 2. The molecule has 0 spiro atoms. The number of aliphatic hydroxyl groups excluding tert-OH is 1. The van der Waals surface area contributed by atoms with Gasteiger partial charge in [0.2, 0.25) is 0 Å². The smallest absolute Gasteiger partial charge is 0.272 e. The van der Waals surface area contributed by atoms with Crippen molar-refractivity contribution in [1.29, 1.82) is 0 Å². The maximum absolute atomic E-state index is 12.4. The lowest BCUT2D eigenvalue weighted by Crippen LogP contribution is -2.29. The van der Waals surface area contributed by atoms with Gasteiger partial charge in [0.15, 0.2) is 5.22 Å². The van der Waals surface area contributed by atoms with Crippen LogP contribution in [0.5, 0.6) is 0 Å². The summed E-state index contributed by atoms with van der Waals surface area (Å²) in [6, 6.07) is 7.45. The molecule has 1 aromatic carbocycles. The Morgan fingerprint density at radius 3 is 2.73 bits per heavy atom. The summed E-state index contributed by atoms with van der Waals surface area (Å²) in [4.78, 5) is 12.4. The number of aryl methyl sites for hydroxylation is 1. The first kappa shape index (κ1) is 14.8. The molecular formula is C16H15ClN2O3. The summed E-state index contributed by atoms with van der Waals surface area (Å²) in [5.74, 6) is 0. The topological polar surface area (TPSA) is 68.3 Å². The van der Waals surface area contributed by atoms with Crippen LogP contribution in [-0.2, 0) is 13.2 Å². The van der Waals surface area contributed by atoms with Gasteiger partial charge in [-0.25, -0.2) is 4.68 Å². The molecule has 0 radical (unpaired) electrons. The van der Waals surface area contributed by atoms with E-state index in [0.717, 1.165) is 5.39 Å². The van der Waals surface area contributed by atoms with Crippen LogP contribution in [0.3, 0.4) is 0 Å². The van der Waals surface area contributed by atoms with Gasteiger partial charge in [0.05, 0.1) is 18.8 Å². The Hall–Kier alpha value is -2.11. The predicted molar refractivity (Wildman–Crippen MR) is 84.2 cm³/mol. The summed E-state index contributed by atoms with van der Waals surface area (Å²) < 4.78 is 6.81. The SMILES string of the molecule is Cc1nn(Cc2c(Cl)oc3ccccc23)c(=O)c(CO)c1C. The average molecular weight is 319 g/mol. The highest BCUT2D eigenvalue weighted by Gasteiger charge is 2.16. The first-order valence-corrected chi connectivity index (χ1v) is 7.24. The number of aliphatic hydroxyl groups is 1. The Labute approximate surface area is 131 Å². The van der Waals surface area contributed by atoms with Crippen LogP contribution in [-0.4, -0.2) is 14.9 Å². The molecule has 22 heavy (non-hydrogen) atoms. The molecule has 0 saturated carbocycles. The summed E-state index contributed by atoms with van der Waals surface area (Å²) in [5.41, 5.74) is 2.84. The molecule has 2 heterocycles. The zero-order valence-corrected chi connectivity index (χ0v) is 13.0. The molecule has 3 rings (SSSR count). The number of hydrogen-bond acceptors (Lipinski definition) is 4. The molecule has 0 bridgehead atoms. The molecule has 0 aliphatic rings. The van der Waals surface area contributed by atoms with Crippen LogP contribution in [0.2, 0.25) is 5.22 Å². The van der Waals surface area contributed by atoms with E-state index in [1.54, 1.807) is 13.8 Å². The Morgan fingerprint density at radius 1 is 1.27 bits per heavy atom. The Kier molecular flexibility index (Phi) is 3.76. The minimum Gasteiger partial charge on any atom is -0.444 e. The summed E-state index contributed by atoms with van der Waals surface area (Å²) in [7, 11) is 0. The number of fused-ring (bicyclic) bond motifs is 1. The third kappa shape index (κ3) is 2.32. The maximum atomic E-state index is 12.4. The van der Waals surface area contributed by atoms with Crippen molar-refractivity contribution in [2.24, 2.45) is 0 Å². The number of furan rings is 1. The van der Waals surface area contributed by atoms with E-state index < -0.39 is 0 Å². The number of halogens is 1. The van der Waals surface area contributed by atoms with E-state index in [1.165, 1.54) is 4.68 Å². The van der Waals surface area contributed by atoms with Crippen LogP contribution in [0.25, 0.3) is 11.0 Å². The molecule has 2 aromatic heterocycles. The molecule has 114 valence electrons. The van der Waals surface area contributed by atoms with Gasteiger partial charge in [-0.3, -0.25) is 4.79 Å². The first-order chi connectivity index (χ1) is 10.5. The van der Waals surface area contributed by atoms with E-state index in [9.17, 15) is 9.90 Å². The highest BCUT2D eigenvalue weighted by Crippen LogP contribution is 2.29. The fraction of sp³-hybridized carbons (Fsp3) is 0.250. The van der Waals surface area contributed by atoms with E-state index >= 15 is 0 Å². The van der Waals surface area contributed by atoms with Crippen molar-refractivity contribution in [3.8, 4) is 0 Å². The molecule has 0 saturated heterocycles. The minimum absolute atomic E-state index is 0.197. The fourth-order valence-corrected chi connectivity index (χ4v) is 2.74. The molecule has 0 unspecified atom stereocenters. The quantitative estimate of drug-likeness (QED) is 0.806. The van der Waals surface area contributed by atoms with E-state index in [4.69, 9.17) is 16.0 Å². The van der Waals surface area contributed by atoms with Crippen LogP contribution < -0.4 is 5.56 Å². The Morgan fingerprint density at radius 2 is 2.00 bits per heavy atom. The van der Waals surface area contributed by atoms with Gasteiger partial charge in [-0.15, -0.1) is 0 Å². The Balaban J connectivity index is 2.15. The second-order valence-corrected chi connectivity index (χ2v) is 5.50. The molecular weight excluding hydrogens is 304 g/mol. The summed E-state index contributed by atoms with van der Waals surface area (Å²) >= 11 is 6.16. The molecule has 3 aromatic rings. The van der Waals surface area contributed by atoms with Crippen LogP contribution in [0.15, 0.2) is 33.5 Å². The minimum atomic E-state index is -0.313. The van der Waals surface area contributed by atoms with E-state index in [1.807, 2.05) is 24.3 Å². The number of hydrogen-bond donors (Lipinski definition) is 1. The van der Waals surface area contributed by atoms with E-state index in [0.29, 0.717) is 28.0 Å². The van der Waals surface area contributed by atoms with Gasteiger partial charge >= 0.3 is 0 Å².